The Morgan fingerprint density at radius 1 is 1.32 bits per heavy atom. The first-order valence-corrected chi connectivity index (χ1v) is 7.15. The highest BCUT2D eigenvalue weighted by Gasteiger charge is 2.28. The summed E-state index contributed by atoms with van der Waals surface area (Å²) >= 11 is 0. The first-order chi connectivity index (χ1) is 9.11. The van der Waals surface area contributed by atoms with Crippen molar-refractivity contribution >= 4 is 5.97 Å². The predicted octanol–water partition coefficient (Wildman–Crippen LogP) is 3.24. The van der Waals surface area contributed by atoms with Gasteiger partial charge in [0.15, 0.2) is 0 Å². The Labute approximate surface area is 115 Å². The zero-order valence-electron chi connectivity index (χ0n) is 11.8. The van der Waals surface area contributed by atoms with E-state index >= 15 is 0 Å². The molecule has 0 radical (unpaired) electrons. The molecule has 0 spiro atoms. The van der Waals surface area contributed by atoms with Gasteiger partial charge in [0.25, 0.3) is 0 Å². The van der Waals surface area contributed by atoms with E-state index < -0.39 is 5.97 Å². The van der Waals surface area contributed by atoms with Gasteiger partial charge in [-0.2, -0.15) is 0 Å². The van der Waals surface area contributed by atoms with E-state index in [0.29, 0.717) is 6.04 Å². The van der Waals surface area contributed by atoms with Crippen molar-refractivity contribution in [2.75, 3.05) is 13.1 Å². The van der Waals surface area contributed by atoms with E-state index in [9.17, 15) is 4.79 Å². The number of nitrogens with zero attached hydrogens (tertiary/aromatic N) is 1. The zero-order chi connectivity index (χ0) is 13.8. The van der Waals surface area contributed by atoms with Crippen LogP contribution < -0.4 is 0 Å². The van der Waals surface area contributed by atoms with Crippen LogP contribution in [0.25, 0.3) is 0 Å². The minimum Gasteiger partial charge on any atom is -0.481 e. The molecule has 0 saturated carbocycles. The molecule has 104 valence electrons. The Kier molecular flexibility index (Phi) is 4.59. The molecule has 0 amide bonds. The third kappa shape index (κ3) is 3.35. The van der Waals surface area contributed by atoms with Gasteiger partial charge in [0.2, 0.25) is 0 Å². The maximum Gasteiger partial charge on any atom is 0.306 e. The second-order valence-electron chi connectivity index (χ2n) is 5.48. The molecule has 1 aromatic carbocycles. The van der Waals surface area contributed by atoms with Crippen LogP contribution in [-0.4, -0.2) is 29.1 Å². The zero-order valence-corrected chi connectivity index (χ0v) is 11.8. The van der Waals surface area contributed by atoms with Crippen molar-refractivity contribution in [1.82, 2.24) is 4.90 Å². The SMILES string of the molecule is CCC(c1ccc(C)cc1)N1CCC(C(=O)O)CC1. The highest BCUT2D eigenvalue weighted by molar-refractivity contribution is 5.70. The lowest BCUT2D eigenvalue weighted by atomic mass is 9.93. The lowest BCUT2D eigenvalue weighted by Gasteiger charge is -2.36. The second kappa shape index (κ2) is 6.20. The fourth-order valence-electron chi connectivity index (χ4n) is 2.95. The molecule has 1 atom stereocenters. The van der Waals surface area contributed by atoms with E-state index in [4.69, 9.17) is 5.11 Å². The Hall–Kier alpha value is -1.35. The van der Waals surface area contributed by atoms with E-state index in [2.05, 4.69) is 43.0 Å². The van der Waals surface area contributed by atoms with Crippen molar-refractivity contribution in [3.05, 3.63) is 35.4 Å². The van der Waals surface area contributed by atoms with Crippen molar-refractivity contribution < 1.29 is 9.90 Å². The standard InChI is InChI=1S/C16H23NO2/c1-3-15(13-6-4-12(2)5-7-13)17-10-8-14(9-11-17)16(18)19/h4-7,14-15H,3,8-11H2,1-2H3,(H,18,19). The Morgan fingerprint density at radius 2 is 1.89 bits per heavy atom. The highest BCUT2D eigenvalue weighted by Crippen LogP contribution is 2.29. The number of aryl methyl sites for hydroxylation is 1. The van der Waals surface area contributed by atoms with Crippen molar-refractivity contribution in [2.45, 2.75) is 39.2 Å². The number of carboxylic acid groups (broad SMARTS) is 1. The number of rotatable bonds is 4. The van der Waals surface area contributed by atoms with Gasteiger partial charge in [-0.1, -0.05) is 36.8 Å². The van der Waals surface area contributed by atoms with Gasteiger partial charge in [-0.05, 0) is 44.8 Å². The molecular formula is C16H23NO2. The van der Waals surface area contributed by atoms with E-state index in [1.165, 1.54) is 11.1 Å². The topological polar surface area (TPSA) is 40.5 Å². The summed E-state index contributed by atoms with van der Waals surface area (Å²) in [4.78, 5) is 13.4. The monoisotopic (exact) mass is 261 g/mol. The molecule has 1 fully saturated rings. The average Bonchev–Trinajstić information content (AvgIpc) is 2.42. The lowest BCUT2D eigenvalue weighted by Crippen LogP contribution is -2.38. The first-order valence-electron chi connectivity index (χ1n) is 7.15. The van der Waals surface area contributed by atoms with Gasteiger partial charge in [0, 0.05) is 6.04 Å². The molecule has 1 aliphatic heterocycles. The van der Waals surface area contributed by atoms with E-state index in [-0.39, 0.29) is 5.92 Å². The predicted molar refractivity (Wildman–Crippen MR) is 76.1 cm³/mol. The maximum atomic E-state index is 11.0. The molecule has 1 aliphatic rings. The van der Waals surface area contributed by atoms with Crippen LogP contribution >= 0.6 is 0 Å². The number of hydrogen-bond acceptors (Lipinski definition) is 2. The van der Waals surface area contributed by atoms with Crippen molar-refractivity contribution in [3.63, 3.8) is 0 Å². The number of carboxylic acids is 1. The van der Waals surface area contributed by atoms with Gasteiger partial charge < -0.3 is 5.11 Å². The van der Waals surface area contributed by atoms with Crippen LogP contribution in [0.3, 0.4) is 0 Å². The fourth-order valence-corrected chi connectivity index (χ4v) is 2.95. The molecule has 1 unspecified atom stereocenters. The van der Waals surface area contributed by atoms with E-state index in [1.54, 1.807) is 0 Å². The molecule has 1 heterocycles. The third-order valence-corrected chi connectivity index (χ3v) is 4.17. The van der Waals surface area contributed by atoms with Crippen LogP contribution in [0.15, 0.2) is 24.3 Å². The summed E-state index contributed by atoms with van der Waals surface area (Å²) in [5, 5.41) is 9.05. The van der Waals surface area contributed by atoms with Gasteiger partial charge in [0.05, 0.1) is 5.92 Å². The summed E-state index contributed by atoms with van der Waals surface area (Å²) in [6.07, 6.45) is 2.62. The normalized spacial score (nSPS) is 19.3. The fraction of sp³-hybridized carbons (Fsp3) is 0.562. The Morgan fingerprint density at radius 3 is 2.37 bits per heavy atom. The van der Waals surface area contributed by atoms with Crippen LogP contribution in [0.5, 0.6) is 0 Å². The van der Waals surface area contributed by atoms with E-state index in [0.717, 1.165) is 32.4 Å². The van der Waals surface area contributed by atoms with Crippen LogP contribution in [-0.2, 0) is 4.79 Å². The third-order valence-electron chi connectivity index (χ3n) is 4.17. The van der Waals surface area contributed by atoms with E-state index in [1.807, 2.05) is 0 Å². The molecule has 0 aromatic heterocycles. The molecule has 0 bridgehead atoms. The molecular weight excluding hydrogens is 238 g/mol. The maximum absolute atomic E-state index is 11.0. The number of piperidine rings is 1. The minimum absolute atomic E-state index is 0.147. The summed E-state index contributed by atoms with van der Waals surface area (Å²) < 4.78 is 0. The second-order valence-corrected chi connectivity index (χ2v) is 5.48. The molecule has 1 saturated heterocycles. The summed E-state index contributed by atoms with van der Waals surface area (Å²) in [6.45, 7) is 6.09. The lowest BCUT2D eigenvalue weighted by molar-refractivity contribution is -0.143. The van der Waals surface area contributed by atoms with Gasteiger partial charge in [-0.15, -0.1) is 0 Å². The Bertz CT molecular complexity index is 419. The summed E-state index contributed by atoms with van der Waals surface area (Å²) in [5.74, 6) is -0.783. The Balaban J connectivity index is 2.03. The highest BCUT2D eigenvalue weighted by atomic mass is 16.4. The number of likely N-dealkylation sites (tertiary alicyclic amines) is 1. The van der Waals surface area contributed by atoms with Gasteiger partial charge in [-0.3, -0.25) is 9.69 Å². The number of aliphatic carboxylic acids is 1. The first kappa shape index (κ1) is 14.1. The number of hydrogen-bond donors (Lipinski definition) is 1. The van der Waals surface area contributed by atoms with Crippen molar-refractivity contribution in [3.8, 4) is 0 Å². The van der Waals surface area contributed by atoms with Crippen LogP contribution in [0.4, 0.5) is 0 Å². The molecule has 19 heavy (non-hydrogen) atoms. The van der Waals surface area contributed by atoms with Crippen molar-refractivity contribution in [2.24, 2.45) is 5.92 Å². The van der Waals surface area contributed by atoms with Gasteiger partial charge >= 0.3 is 5.97 Å². The van der Waals surface area contributed by atoms with Crippen LogP contribution in [0.2, 0.25) is 0 Å². The largest absolute Gasteiger partial charge is 0.481 e. The summed E-state index contributed by atoms with van der Waals surface area (Å²) in [6, 6.07) is 9.14. The quantitative estimate of drug-likeness (QED) is 0.904. The molecule has 3 heteroatoms. The molecule has 1 aromatic rings. The average molecular weight is 261 g/mol. The molecule has 0 aliphatic carbocycles. The minimum atomic E-state index is -0.636. The molecule has 2 rings (SSSR count). The van der Waals surface area contributed by atoms with Crippen molar-refractivity contribution in [1.29, 1.82) is 0 Å². The number of carbonyl (C=O) groups is 1. The van der Waals surface area contributed by atoms with Crippen LogP contribution in [0, 0.1) is 12.8 Å². The summed E-state index contributed by atoms with van der Waals surface area (Å²) in [5.41, 5.74) is 2.63. The smallest absolute Gasteiger partial charge is 0.306 e. The van der Waals surface area contributed by atoms with Crippen LogP contribution in [0.1, 0.15) is 43.4 Å². The van der Waals surface area contributed by atoms with Gasteiger partial charge in [0.1, 0.15) is 0 Å². The number of benzene rings is 1. The van der Waals surface area contributed by atoms with Gasteiger partial charge in [-0.25, -0.2) is 0 Å². The molecule has 3 nitrogen and oxygen atoms in total. The molecule has 1 N–H and O–H groups in total. The summed E-state index contributed by atoms with van der Waals surface area (Å²) in [7, 11) is 0.